The smallest absolute Gasteiger partial charge is 0.0443 e. The van der Waals surface area contributed by atoms with Crippen molar-refractivity contribution in [3.63, 3.8) is 0 Å². The van der Waals surface area contributed by atoms with Gasteiger partial charge in [0.1, 0.15) is 0 Å². The largest absolute Gasteiger partial charge is 0.0654 e. The fourth-order valence-corrected chi connectivity index (χ4v) is 2.51. The third kappa shape index (κ3) is 13.9. The van der Waals surface area contributed by atoms with Gasteiger partial charge in [-0.3, -0.25) is 0 Å². The SMILES string of the molecule is [CH2]C(C)CCCCCCCCCC(C)CCC. The number of unbranched alkanes of at least 4 members (excludes halogenated alkanes) is 6. The van der Waals surface area contributed by atoms with Crippen LogP contribution in [0.5, 0.6) is 0 Å². The third-order valence-electron chi connectivity index (χ3n) is 3.68. The zero-order valence-corrected chi connectivity index (χ0v) is 12.6. The lowest BCUT2D eigenvalue weighted by molar-refractivity contribution is 0.449. The zero-order valence-electron chi connectivity index (χ0n) is 12.6. The van der Waals surface area contributed by atoms with Gasteiger partial charge in [-0.25, -0.2) is 0 Å². The molecule has 0 aliphatic heterocycles. The van der Waals surface area contributed by atoms with Crippen LogP contribution in [0, 0.1) is 18.8 Å². The summed E-state index contributed by atoms with van der Waals surface area (Å²) in [6.07, 6.45) is 15.6. The molecule has 0 spiro atoms. The van der Waals surface area contributed by atoms with Crippen LogP contribution in [0.3, 0.4) is 0 Å². The molecule has 0 fully saturated rings. The number of hydrogen-bond donors (Lipinski definition) is 0. The van der Waals surface area contributed by atoms with Crippen LogP contribution < -0.4 is 0 Å². The monoisotopic (exact) mass is 239 g/mol. The van der Waals surface area contributed by atoms with Crippen molar-refractivity contribution >= 4 is 0 Å². The molecule has 2 atom stereocenters. The summed E-state index contributed by atoms with van der Waals surface area (Å²) < 4.78 is 0. The molecule has 0 aliphatic carbocycles. The normalized spacial score (nSPS) is 13.2. The van der Waals surface area contributed by atoms with Gasteiger partial charge in [-0.05, 0) is 11.8 Å². The van der Waals surface area contributed by atoms with Crippen LogP contribution in [0.15, 0.2) is 0 Å². The van der Waals surface area contributed by atoms with Gasteiger partial charge in [-0.2, -0.15) is 0 Å². The number of hydrogen-bond acceptors (Lipinski definition) is 0. The average Bonchev–Trinajstić information content (AvgIpc) is 2.27. The Morgan fingerprint density at radius 1 is 0.706 bits per heavy atom. The van der Waals surface area contributed by atoms with Gasteiger partial charge in [0.05, 0.1) is 0 Å². The lowest BCUT2D eigenvalue weighted by atomic mass is 9.97. The van der Waals surface area contributed by atoms with Gasteiger partial charge in [-0.15, -0.1) is 0 Å². The van der Waals surface area contributed by atoms with Gasteiger partial charge in [0.25, 0.3) is 0 Å². The Hall–Kier alpha value is 0. The van der Waals surface area contributed by atoms with E-state index in [1.54, 1.807) is 0 Å². The molecular formula is C17H35. The second-order valence-electron chi connectivity index (χ2n) is 6.05. The predicted octanol–water partition coefficient (Wildman–Crippen LogP) is 6.40. The molecule has 0 aliphatic rings. The third-order valence-corrected chi connectivity index (χ3v) is 3.68. The highest BCUT2D eigenvalue weighted by Crippen LogP contribution is 2.16. The molecule has 0 amide bonds. The molecule has 0 saturated heterocycles. The van der Waals surface area contributed by atoms with Gasteiger partial charge in [0.15, 0.2) is 0 Å². The first-order chi connectivity index (χ1) is 8.16. The minimum atomic E-state index is 0.648. The van der Waals surface area contributed by atoms with E-state index in [1.165, 1.54) is 70.6 Å². The molecule has 2 unspecified atom stereocenters. The van der Waals surface area contributed by atoms with E-state index in [4.69, 9.17) is 0 Å². The zero-order chi connectivity index (χ0) is 12.9. The van der Waals surface area contributed by atoms with Gasteiger partial charge in [-0.1, -0.05) is 98.3 Å². The fraction of sp³-hybridized carbons (Fsp3) is 0.941. The van der Waals surface area contributed by atoms with E-state index in [9.17, 15) is 0 Å². The Labute approximate surface area is 111 Å². The Balaban J connectivity index is 3.03. The maximum Gasteiger partial charge on any atom is -0.0443 e. The van der Waals surface area contributed by atoms with E-state index in [1.807, 2.05) is 0 Å². The molecule has 17 heavy (non-hydrogen) atoms. The maximum absolute atomic E-state index is 4.03. The summed E-state index contributed by atoms with van der Waals surface area (Å²) in [5.41, 5.74) is 0. The van der Waals surface area contributed by atoms with Crippen molar-refractivity contribution in [1.29, 1.82) is 0 Å². The predicted molar refractivity (Wildman–Crippen MR) is 80.1 cm³/mol. The van der Waals surface area contributed by atoms with Crippen molar-refractivity contribution < 1.29 is 0 Å². The van der Waals surface area contributed by atoms with Gasteiger partial charge in [0, 0.05) is 0 Å². The van der Waals surface area contributed by atoms with Gasteiger partial charge in [0.2, 0.25) is 0 Å². The second kappa shape index (κ2) is 12.5. The molecule has 0 aromatic heterocycles. The van der Waals surface area contributed by atoms with Crippen molar-refractivity contribution in [3.05, 3.63) is 6.92 Å². The highest BCUT2D eigenvalue weighted by Gasteiger charge is 2.00. The summed E-state index contributed by atoms with van der Waals surface area (Å²) >= 11 is 0. The van der Waals surface area contributed by atoms with Crippen molar-refractivity contribution in [2.24, 2.45) is 11.8 Å². The van der Waals surface area contributed by atoms with E-state index in [0.717, 1.165) is 5.92 Å². The molecule has 0 aromatic carbocycles. The summed E-state index contributed by atoms with van der Waals surface area (Å²) in [4.78, 5) is 0. The summed E-state index contributed by atoms with van der Waals surface area (Å²) in [7, 11) is 0. The van der Waals surface area contributed by atoms with Crippen LogP contribution in [0.2, 0.25) is 0 Å². The first-order valence-electron chi connectivity index (χ1n) is 7.99. The van der Waals surface area contributed by atoms with E-state index in [0.29, 0.717) is 5.92 Å². The van der Waals surface area contributed by atoms with E-state index in [-0.39, 0.29) is 0 Å². The van der Waals surface area contributed by atoms with Crippen LogP contribution in [0.4, 0.5) is 0 Å². The topological polar surface area (TPSA) is 0 Å². The minimum Gasteiger partial charge on any atom is -0.0654 e. The van der Waals surface area contributed by atoms with Crippen LogP contribution in [-0.4, -0.2) is 0 Å². The molecule has 0 N–H and O–H groups in total. The standard InChI is InChI=1S/C17H35/c1-5-13-17(4)15-12-10-8-6-7-9-11-14-16(2)3/h16-17H,2,5-15H2,1,3-4H3. The quantitative estimate of drug-likeness (QED) is 0.345. The highest BCUT2D eigenvalue weighted by molar-refractivity contribution is 4.55. The summed E-state index contributed by atoms with van der Waals surface area (Å²) in [6, 6.07) is 0. The van der Waals surface area contributed by atoms with E-state index in [2.05, 4.69) is 27.7 Å². The molecule has 0 rings (SSSR count). The fourth-order valence-electron chi connectivity index (χ4n) is 2.51. The molecule has 1 radical (unpaired) electrons. The molecule has 0 bridgehead atoms. The Bertz CT molecular complexity index is 137. The Kier molecular flexibility index (Phi) is 12.5. The molecule has 0 heteroatoms. The second-order valence-corrected chi connectivity index (χ2v) is 6.05. The van der Waals surface area contributed by atoms with Crippen molar-refractivity contribution in [2.75, 3.05) is 0 Å². The molecule has 103 valence electrons. The van der Waals surface area contributed by atoms with Crippen LogP contribution in [-0.2, 0) is 0 Å². The minimum absolute atomic E-state index is 0.648. The highest BCUT2D eigenvalue weighted by atomic mass is 14.1. The van der Waals surface area contributed by atoms with Crippen LogP contribution in [0.1, 0.15) is 91.4 Å². The average molecular weight is 239 g/mol. The lowest BCUT2D eigenvalue weighted by Gasteiger charge is -2.09. The first-order valence-corrected chi connectivity index (χ1v) is 7.99. The molecule has 0 nitrogen and oxygen atoms in total. The molecular weight excluding hydrogens is 204 g/mol. The van der Waals surface area contributed by atoms with Gasteiger partial charge < -0.3 is 0 Å². The van der Waals surface area contributed by atoms with Crippen LogP contribution >= 0.6 is 0 Å². The summed E-state index contributed by atoms with van der Waals surface area (Å²) in [6.45, 7) is 10.9. The van der Waals surface area contributed by atoms with Crippen molar-refractivity contribution in [2.45, 2.75) is 91.4 Å². The Morgan fingerprint density at radius 3 is 1.65 bits per heavy atom. The first kappa shape index (κ1) is 17.0. The molecule has 0 saturated carbocycles. The van der Waals surface area contributed by atoms with Crippen molar-refractivity contribution in [3.8, 4) is 0 Å². The Morgan fingerprint density at radius 2 is 1.18 bits per heavy atom. The summed E-state index contributed by atoms with van der Waals surface area (Å²) in [5, 5.41) is 0. The van der Waals surface area contributed by atoms with E-state index < -0.39 is 0 Å². The van der Waals surface area contributed by atoms with Crippen LogP contribution in [0.25, 0.3) is 0 Å². The number of rotatable bonds is 12. The summed E-state index contributed by atoms with van der Waals surface area (Å²) in [5.74, 6) is 1.61. The van der Waals surface area contributed by atoms with Crippen molar-refractivity contribution in [1.82, 2.24) is 0 Å². The maximum atomic E-state index is 4.03. The molecule has 0 aromatic rings. The lowest BCUT2D eigenvalue weighted by Crippen LogP contribution is -1.93. The van der Waals surface area contributed by atoms with E-state index >= 15 is 0 Å². The molecule has 0 heterocycles. The van der Waals surface area contributed by atoms with Gasteiger partial charge >= 0.3 is 0 Å².